The Morgan fingerprint density at radius 2 is 2.12 bits per heavy atom. The van der Waals surface area contributed by atoms with Gasteiger partial charge in [0.2, 0.25) is 5.91 Å². The van der Waals surface area contributed by atoms with Gasteiger partial charge in [-0.2, -0.15) is 0 Å². The van der Waals surface area contributed by atoms with Crippen LogP contribution in [0.1, 0.15) is 37.7 Å². The fourth-order valence-corrected chi connectivity index (χ4v) is 4.02. The van der Waals surface area contributed by atoms with Crippen molar-refractivity contribution < 1.29 is 4.79 Å². The molecule has 2 atom stereocenters. The number of carbonyl (C=O) groups is 1. The Bertz CT molecular complexity index is 717. The summed E-state index contributed by atoms with van der Waals surface area (Å²) in [5, 5.41) is 17.9. The van der Waals surface area contributed by atoms with Crippen molar-refractivity contribution in [3.05, 3.63) is 30.1 Å². The van der Waals surface area contributed by atoms with Crippen LogP contribution in [0.2, 0.25) is 0 Å². The number of carbonyl (C=O) groups excluding carboxylic acids is 1. The first kappa shape index (κ1) is 15.3. The molecule has 2 aromatic rings. The van der Waals surface area contributed by atoms with Crippen LogP contribution in [-0.2, 0) is 4.79 Å². The lowest BCUT2D eigenvalue weighted by atomic mass is 9.89. The maximum atomic E-state index is 12.4. The third kappa shape index (κ3) is 3.17. The quantitative estimate of drug-likeness (QED) is 0.895. The van der Waals surface area contributed by atoms with Gasteiger partial charge in [0.05, 0.1) is 5.69 Å². The van der Waals surface area contributed by atoms with E-state index in [1.165, 1.54) is 12.8 Å². The minimum absolute atomic E-state index is 0.0906. The van der Waals surface area contributed by atoms with E-state index in [1.54, 1.807) is 11.0 Å². The first-order valence-electron chi connectivity index (χ1n) is 8.57. The Hall–Kier alpha value is -2.28. The number of aromatic nitrogens is 4. The van der Waals surface area contributed by atoms with Crippen molar-refractivity contribution in [3.8, 4) is 5.69 Å². The summed E-state index contributed by atoms with van der Waals surface area (Å²) in [6, 6.07) is 7.04. The van der Waals surface area contributed by atoms with Crippen molar-refractivity contribution in [3.63, 3.8) is 0 Å². The molecule has 2 saturated heterocycles. The summed E-state index contributed by atoms with van der Waals surface area (Å²) in [4.78, 5) is 12.4. The third-order valence-electron chi connectivity index (χ3n) is 5.13. The lowest BCUT2D eigenvalue weighted by Gasteiger charge is -2.28. The molecule has 2 aliphatic rings. The SMILES string of the molecule is Cc1ccc(NC(=O)CC2CC3CCC(C2)N3)cc1-n1cnnn1. The number of benzene rings is 1. The van der Waals surface area contributed by atoms with E-state index in [2.05, 4.69) is 26.2 Å². The van der Waals surface area contributed by atoms with Gasteiger partial charge < -0.3 is 10.6 Å². The molecular formula is C17H22N6O. The molecule has 4 rings (SSSR count). The van der Waals surface area contributed by atoms with E-state index in [4.69, 9.17) is 0 Å². The number of fused-ring (bicyclic) bond motifs is 2. The summed E-state index contributed by atoms with van der Waals surface area (Å²) in [6.45, 7) is 1.99. The van der Waals surface area contributed by atoms with Crippen molar-refractivity contribution in [2.45, 2.75) is 51.1 Å². The van der Waals surface area contributed by atoms with Crippen LogP contribution in [0.5, 0.6) is 0 Å². The Balaban J connectivity index is 1.41. The van der Waals surface area contributed by atoms with Crippen molar-refractivity contribution >= 4 is 11.6 Å². The first-order chi connectivity index (χ1) is 11.7. The predicted octanol–water partition coefficient (Wildman–Crippen LogP) is 1.83. The van der Waals surface area contributed by atoms with Gasteiger partial charge in [0, 0.05) is 24.2 Å². The molecule has 7 nitrogen and oxygen atoms in total. The highest BCUT2D eigenvalue weighted by molar-refractivity contribution is 5.91. The van der Waals surface area contributed by atoms with Crippen LogP contribution in [0.4, 0.5) is 5.69 Å². The number of aryl methyl sites for hydroxylation is 1. The number of anilines is 1. The number of nitrogens with zero attached hydrogens (tertiary/aromatic N) is 4. The summed E-state index contributed by atoms with van der Waals surface area (Å²) in [5.41, 5.74) is 2.71. The van der Waals surface area contributed by atoms with Gasteiger partial charge >= 0.3 is 0 Å². The number of nitrogens with one attached hydrogen (secondary N) is 2. The highest BCUT2D eigenvalue weighted by atomic mass is 16.1. The van der Waals surface area contributed by atoms with Crippen LogP contribution in [0.25, 0.3) is 5.69 Å². The number of amides is 1. The molecule has 2 fully saturated rings. The number of rotatable bonds is 4. The second-order valence-electron chi connectivity index (χ2n) is 6.98. The van der Waals surface area contributed by atoms with Gasteiger partial charge in [0.15, 0.2) is 0 Å². The molecule has 7 heteroatoms. The van der Waals surface area contributed by atoms with E-state index in [1.807, 2.05) is 25.1 Å². The zero-order valence-electron chi connectivity index (χ0n) is 13.8. The van der Waals surface area contributed by atoms with Crippen LogP contribution in [-0.4, -0.2) is 38.2 Å². The fraction of sp³-hybridized carbons (Fsp3) is 0.529. The fourth-order valence-electron chi connectivity index (χ4n) is 4.02. The Morgan fingerprint density at radius 1 is 1.33 bits per heavy atom. The lowest BCUT2D eigenvalue weighted by Crippen LogP contribution is -2.39. The van der Waals surface area contributed by atoms with E-state index in [-0.39, 0.29) is 5.91 Å². The Kier molecular flexibility index (Phi) is 4.02. The summed E-state index contributed by atoms with van der Waals surface area (Å²) in [7, 11) is 0. The van der Waals surface area contributed by atoms with Crippen molar-refractivity contribution in [2.24, 2.45) is 5.92 Å². The second kappa shape index (κ2) is 6.32. The molecule has 2 bridgehead atoms. The maximum absolute atomic E-state index is 12.4. The van der Waals surface area contributed by atoms with Gasteiger partial charge in [0.1, 0.15) is 6.33 Å². The smallest absolute Gasteiger partial charge is 0.224 e. The van der Waals surface area contributed by atoms with Gasteiger partial charge in [-0.15, -0.1) is 5.10 Å². The maximum Gasteiger partial charge on any atom is 0.224 e. The molecule has 1 aromatic heterocycles. The highest BCUT2D eigenvalue weighted by Gasteiger charge is 2.34. The van der Waals surface area contributed by atoms with Gasteiger partial charge in [-0.3, -0.25) is 4.79 Å². The molecule has 0 radical (unpaired) electrons. The average Bonchev–Trinajstić information content (AvgIpc) is 3.19. The van der Waals surface area contributed by atoms with Crippen molar-refractivity contribution in [1.82, 2.24) is 25.5 Å². The van der Waals surface area contributed by atoms with Gasteiger partial charge in [-0.1, -0.05) is 6.07 Å². The van der Waals surface area contributed by atoms with E-state index in [9.17, 15) is 4.79 Å². The topological polar surface area (TPSA) is 84.7 Å². The first-order valence-corrected chi connectivity index (χ1v) is 8.57. The largest absolute Gasteiger partial charge is 0.326 e. The van der Waals surface area contributed by atoms with Gasteiger partial charge in [-0.05, 0) is 66.6 Å². The number of tetrazole rings is 1. The average molecular weight is 326 g/mol. The standard InChI is InChI=1S/C17H22N6O/c1-11-2-3-15(9-16(11)23-10-18-21-22-23)20-17(24)8-12-6-13-4-5-14(7-12)19-13/h2-3,9-10,12-14,19H,4-8H2,1H3,(H,20,24). The normalized spacial score (nSPS) is 25.6. The Labute approximate surface area is 140 Å². The van der Waals surface area contributed by atoms with Gasteiger partial charge in [-0.25, -0.2) is 4.68 Å². The van der Waals surface area contributed by atoms with Gasteiger partial charge in [0.25, 0.3) is 0 Å². The van der Waals surface area contributed by atoms with Crippen LogP contribution in [0.15, 0.2) is 24.5 Å². The summed E-state index contributed by atoms with van der Waals surface area (Å²) in [6.07, 6.45) is 6.91. The summed E-state index contributed by atoms with van der Waals surface area (Å²) in [5.74, 6) is 0.584. The molecule has 2 aliphatic heterocycles. The minimum Gasteiger partial charge on any atom is -0.326 e. The molecule has 0 saturated carbocycles. The van der Waals surface area contributed by atoms with Crippen LogP contribution in [0, 0.1) is 12.8 Å². The van der Waals surface area contributed by atoms with E-state index < -0.39 is 0 Å². The Morgan fingerprint density at radius 3 is 2.83 bits per heavy atom. The summed E-state index contributed by atoms with van der Waals surface area (Å²) < 4.78 is 1.61. The summed E-state index contributed by atoms with van der Waals surface area (Å²) >= 11 is 0. The van der Waals surface area contributed by atoms with E-state index >= 15 is 0 Å². The number of hydrogen-bond acceptors (Lipinski definition) is 5. The third-order valence-corrected chi connectivity index (χ3v) is 5.13. The lowest BCUT2D eigenvalue weighted by molar-refractivity contribution is -0.117. The van der Waals surface area contributed by atoms with Crippen molar-refractivity contribution in [2.75, 3.05) is 5.32 Å². The van der Waals surface area contributed by atoms with E-state index in [0.29, 0.717) is 24.4 Å². The molecule has 24 heavy (non-hydrogen) atoms. The van der Waals surface area contributed by atoms with Crippen LogP contribution in [0.3, 0.4) is 0 Å². The molecule has 1 aromatic carbocycles. The zero-order valence-corrected chi connectivity index (χ0v) is 13.8. The number of hydrogen-bond donors (Lipinski definition) is 2. The molecule has 2 unspecified atom stereocenters. The molecule has 0 aliphatic carbocycles. The zero-order chi connectivity index (χ0) is 16.5. The minimum atomic E-state index is 0.0906. The van der Waals surface area contributed by atoms with E-state index in [0.717, 1.165) is 29.8 Å². The predicted molar refractivity (Wildman–Crippen MR) is 89.8 cm³/mol. The molecule has 3 heterocycles. The molecule has 2 N–H and O–H groups in total. The van der Waals surface area contributed by atoms with Crippen LogP contribution < -0.4 is 10.6 Å². The molecule has 126 valence electrons. The molecule has 0 spiro atoms. The highest BCUT2D eigenvalue weighted by Crippen LogP contribution is 2.32. The number of piperidine rings is 1. The van der Waals surface area contributed by atoms with Crippen molar-refractivity contribution in [1.29, 1.82) is 0 Å². The monoisotopic (exact) mass is 326 g/mol. The molecular weight excluding hydrogens is 304 g/mol. The van der Waals surface area contributed by atoms with Crippen LogP contribution >= 0.6 is 0 Å². The molecule has 1 amide bonds. The second-order valence-corrected chi connectivity index (χ2v) is 6.98.